The molecule has 0 atom stereocenters. The van der Waals surface area contributed by atoms with Gasteiger partial charge in [-0.25, -0.2) is 4.98 Å². The van der Waals surface area contributed by atoms with Crippen molar-refractivity contribution >= 4 is 41.3 Å². The van der Waals surface area contributed by atoms with Gasteiger partial charge in [0.1, 0.15) is 0 Å². The van der Waals surface area contributed by atoms with Crippen LogP contribution in [0.15, 0.2) is 35.5 Å². The number of halogens is 1. The Bertz CT molecular complexity index is 690. The molecule has 0 fully saturated rings. The molecule has 150 valence electrons. The molecule has 2 rings (SSSR count). The van der Waals surface area contributed by atoms with Crippen molar-refractivity contribution in [2.24, 2.45) is 4.99 Å². The first-order chi connectivity index (χ1) is 12.8. The average Bonchev–Trinajstić information content (AvgIpc) is 3.13. The van der Waals surface area contributed by atoms with E-state index >= 15 is 0 Å². The largest absolute Gasteiger partial charge is 0.377 e. The number of hydrogen-bond acceptors (Lipinski definition) is 4. The molecule has 0 aliphatic heterocycles. The van der Waals surface area contributed by atoms with Gasteiger partial charge in [-0.15, -0.1) is 35.3 Å². The van der Waals surface area contributed by atoms with Gasteiger partial charge in [-0.2, -0.15) is 0 Å². The summed E-state index contributed by atoms with van der Waals surface area (Å²) in [4.78, 5) is 10.1. The van der Waals surface area contributed by atoms with Gasteiger partial charge in [-0.05, 0) is 24.0 Å². The van der Waals surface area contributed by atoms with Crippen LogP contribution in [0.25, 0.3) is 0 Å². The third-order valence-electron chi connectivity index (χ3n) is 3.98. The third kappa shape index (κ3) is 8.57. The molecular weight excluding hydrogens is 471 g/mol. The minimum absolute atomic E-state index is 0. The second-order valence-electron chi connectivity index (χ2n) is 6.00. The van der Waals surface area contributed by atoms with Crippen LogP contribution < -0.4 is 10.6 Å². The molecule has 0 aliphatic carbocycles. The lowest BCUT2D eigenvalue weighted by molar-refractivity contribution is 0.121. The summed E-state index contributed by atoms with van der Waals surface area (Å²) in [6.45, 7) is 7.27. The number of thiazole rings is 1. The monoisotopic (exact) mass is 502 g/mol. The van der Waals surface area contributed by atoms with Crippen LogP contribution in [-0.2, 0) is 30.7 Å². The van der Waals surface area contributed by atoms with Crippen molar-refractivity contribution in [2.45, 2.75) is 46.3 Å². The van der Waals surface area contributed by atoms with E-state index in [2.05, 4.69) is 58.7 Å². The van der Waals surface area contributed by atoms with Crippen LogP contribution in [0.1, 0.15) is 41.3 Å². The summed E-state index contributed by atoms with van der Waals surface area (Å²) < 4.78 is 5.69. The number of guanidine groups is 1. The Morgan fingerprint density at radius 3 is 2.63 bits per heavy atom. The highest BCUT2D eigenvalue weighted by atomic mass is 127. The Balaban J connectivity index is 0.00000364. The molecular formula is C20H31IN4OS. The van der Waals surface area contributed by atoms with Crippen molar-refractivity contribution in [1.82, 2.24) is 15.6 Å². The van der Waals surface area contributed by atoms with Crippen LogP contribution in [0.4, 0.5) is 0 Å². The summed E-state index contributed by atoms with van der Waals surface area (Å²) in [5.41, 5.74) is 2.46. The number of nitrogens with zero attached hydrogens (tertiary/aromatic N) is 2. The number of aryl methyl sites for hydroxylation is 1. The molecule has 2 aromatic rings. The van der Waals surface area contributed by atoms with E-state index < -0.39 is 0 Å². The fraction of sp³-hybridized carbons (Fsp3) is 0.500. The molecule has 1 aromatic heterocycles. The summed E-state index contributed by atoms with van der Waals surface area (Å²) in [5, 5.41) is 7.92. The number of hydrogen-bond donors (Lipinski definition) is 2. The second kappa shape index (κ2) is 13.9. The standard InChI is InChI=1S/C20H30N4OS.HI/c1-4-12-25-15-17-9-7-6-8-16(17)13-24-20(21-3)22-11-10-19-23-14-18(5-2)26-19;/h6-9,14H,4-5,10-13,15H2,1-3H3,(H2,21,22,24);1H. The van der Waals surface area contributed by atoms with Crippen molar-refractivity contribution in [1.29, 1.82) is 0 Å². The van der Waals surface area contributed by atoms with E-state index in [-0.39, 0.29) is 24.0 Å². The van der Waals surface area contributed by atoms with Gasteiger partial charge >= 0.3 is 0 Å². The summed E-state index contributed by atoms with van der Waals surface area (Å²) in [5.74, 6) is 0.807. The summed E-state index contributed by atoms with van der Waals surface area (Å²) in [7, 11) is 1.80. The molecule has 0 unspecified atom stereocenters. The molecule has 7 heteroatoms. The third-order valence-corrected chi connectivity index (χ3v) is 5.18. The predicted molar refractivity (Wildman–Crippen MR) is 125 cm³/mol. The maximum atomic E-state index is 5.69. The smallest absolute Gasteiger partial charge is 0.191 e. The van der Waals surface area contributed by atoms with Crippen LogP contribution >= 0.6 is 35.3 Å². The lowest BCUT2D eigenvalue weighted by Crippen LogP contribution is -2.38. The zero-order valence-corrected chi connectivity index (χ0v) is 19.6. The van der Waals surface area contributed by atoms with E-state index in [1.807, 2.05) is 6.20 Å². The Morgan fingerprint density at radius 2 is 1.96 bits per heavy atom. The van der Waals surface area contributed by atoms with Gasteiger partial charge in [0.2, 0.25) is 0 Å². The van der Waals surface area contributed by atoms with Crippen LogP contribution in [-0.4, -0.2) is 31.1 Å². The molecule has 0 spiro atoms. The van der Waals surface area contributed by atoms with Gasteiger partial charge in [-0.3, -0.25) is 4.99 Å². The van der Waals surface area contributed by atoms with Crippen LogP contribution in [0.3, 0.4) is 0 Å². The summed E-state index contributed by atoms with van der Waals surface area (Å²) in [6, 6.07) is 8.37. The van der Waals surface area contributed by atoms with Crippen molar-refractivity contribution in [3.8, 4) is 0 Å². The molecule has 0 aliphatic rings. The Kier molecular flexibility index (Phi) is 12.3. The summed E-state index contributed by atoms with van der Waals surface area (Å²) in [6.07, 6.45) is 4.98. The van der Waals surface area contributed by atoms with E-state index in [1.54, 1.807) is 18.4 Å². The van der Waals surface area contributed by atoms with Gasteiger partial charge < -0.3 is 15.4 Å². The molecule has 2 N–H and O–H groups in total. The molecule has 5 nitrogen and oxygen atoms in total. The normalized spacial score (nSPS) is 11.1. The zero-order valence-electron chi connectivity index (χ0n) is 16.5. The predicted octanol–water partition coefficient (Wildman–Crippen LogP) is 4.16. The minimum Gasteiger partial charge on any atom is -0.377 e. The fourth-order valence-corrected chi connectivity index (χ4v) is 3.37. The number of benzene rings is 1. The van der Waals surface area contributed by atoms with Gasteiger partial charge in [0.25, 0.3) is 0 Å². The quantitative estimate of drug-likeness (QED) is 0.222. The second-order valence-corrected chi connectivity index (χ2v) is 7.20. The van der Waals surface area contributed by atoms with Crippen LogP contribution in [0.5, 0.6) is 0 Å². The topological polar surface area (TPSA) is 58.5 Å². The first-order valence-corrected chi connectivity index (χ1v) is 10.1. The molecule has 0 amide bonds. The molecule has 0 bridgehead atoms. The van der Waals surface area contributed by atoms with E-state index in [4.69, 9.17) is 4.74 Å². The molecule has 27 heavy (non-hydrogen) atoms. The van der Waals surface area contributed by atoms with Crippen molar-refractivity contribution in [3.63, 3.8) is 0 Å². The first kappa shape index (κ1) is 23.8. The number of aromatic nitrogens is 1. The number of aliphatic imine (C=N–C) groups is 1. The van der Waals surface area contributed by atoms with Crippen LogP contribution in [0.2, 0.25) is 0 Å². The van der Waals surface area contributed by atoms with E-state index in [0.717, 1.165) is 44.9 Å². The number of rotatable bonds is 10. The molecule has 0 saturated carbocycles. The minimum atomic E-state index is 0. The van der Waals surface area contributed by atoms with E-state index in [1.165, 1.54) is 21.0 Å². The zero-order chi connectivity index (χ0) is 18.6. The Hall–Kier alpha value is -1.19. The fourth-order valence-electron chi connectivity index (χ4n) is 2.51. The molecule has 0 radical (unpaired) electrons. The van der Waals surface area contributed by atoms with Crippen molar-refractivity contribution in [2.75, 3.05) is 20.2 Å². The van der Waals surface area contributed by atoms with Crippen molar-refractivity contribution < 1.29 is 4.74 Å². The highest BCUT2D eigenvalue weighted by Crippen LogP contribution is 2.13. The molecule has 0 saturated heterocycles. The molecule has 1 heterocycles. The van der Waals surface area contributed by atoms with E-state index in [0.29, 0.717) is 6.61 Å². The van der Waals surface area contributed by atoms with Crippen molar-refractivity contribution in [3.05, 3.63) is 51.5 Å². The average molecular weight is 502 g/mol. The Morgan fingerprint density at radius 1 is 1.19 bits per heavy atom. The van der Waals surface area contributed by atoms with Gasteiger partial charge in [-0.1, -0.05) is 38.1 Å². The first-order valence-electron chi connectivity index (χ1n) is 9.29. The van der Waals surface area contributed by atoms with Gasteiger partial charge in [0.05, 0.1) is 11.6 Å². The maximum absolute atomic E-state index is 5.69. The maximum Gasteiger partial charge on any atom is 0.191 e. The highest BCUT2D eigenvalue weighted by Gasteiger charge is 2.05. The van der Waals surface area contributed by atoms with Gasteiger partial charge in [0, 0.05) is 44.2 Å². The number of nitrogens with one attached hydrogen (secondary N) is 2. The molecule has 1 aromatic carbocycles. The van der Waals surface area contributed by atoms with Crippen LogP contribution in [0, 0.1) is 0 Å². The lowest BCUT2D eigenvalue weighted by atomic mass is 10.1. The lowest BCUT2D eigenvalue weighted by Gasteiger charge is -2.14. The summed E-state index contributed by atoms with van der Waals surface area (Å²) >= 11 is 1.79. The Labute approximate surface area is 184 Å². The SMILES string of the molecule is CCCOCc1ccccc1CNC(=NC)NCCc1ncc(CC)s1.I. The van der Waals surface area contributed by atoms with E-state index in [9.17, 15) is 0 Å². The number of ether oxygens (including phenoxy) is 1. The highest BCUT2D eigenvalue weighted by molar-refractivity contribution is 14.0. The van der Waals surface area contributed by atoms with Gasteiger partial charge in [0.15, 0.2) is 5.96 Å².